The smallest absolute Gasteiger partial charge is 0.342 e. The van der Waals surface area contributed by atoms with Crippen molar-refractivity contribution >= 4 is 5.97 Å². The summed E-state index contributed by atoms with van der Waals surface area (Å²) in [6.45, 7) is 6.66. The van der Waals surface area contributed by atoms with Crippen LogP contribution in [-0.4, -0.2) is 27.3 Å². The van der Waals surface area contributed by atoms with Gasteiger partial charge in [-0.15, -0.1) is 0 Å². The number of ether oxygens (including phenoxy) is 4. The highest BCUT2D eigenvalue weighted by Crippen LogP contribution is 2.40. The summed E-state index contributed by atoms with van der Waals surface area (Å²) >= 11 is 0. The number of esters is 1. The summed E-state index contributed by atoms with van der Waals surface area (Å²) in [5, 5.41) is 0. The molecule has 140 valence electrons. The lowest BCUT2D eigenvalue weighted by atomic mass is 9.87. The molecule has 0 bridgehead atoms. The molecule has 0 aliphatic rings. The molecule has 0 aliphatic carbocycles. The summed E-state index contributed by atoms with van der Waals surface area (Å²) in [6, 6.07) is 11.3. The molecule has 0 amide bonds. The first kappa shape index (κ1) is 19.6. The van der Waals surface area contributed by atoms with Crippen molar-refractivity contribution in [3.8, 4) is 17.2 Å². The minimum absolute atomic E-state index is 0.0855. The van der Waals surface area contributed by atoms with Gasteiger partial charge < -0.3 is 18.9 Å². The molecule has 0 saturated heterocycles. The van der Waals surface area contributed by atoms with Crippen LogP contribution in [0.3, 0.4) is 0 Å². The average molecular weight is 358 g/mol. The van der Waals surface area contributed by atoms with Crippen LogP contribution in [-0.2, 0) is 16.8 Å². The van der Waals surface area contributed by atoms with Gasteiger partial charge in [0.2, 0.25) is 5.75 Å². The Bertz CT molecular complexity index is 757. The number of benzene rings is 2. The van der Waals surface area contributed by atoms with E-state index in [-0.39, 0.29) is 17.6 Å². The minimum atomic E-state index is -0.484. The van der Waals surface area contributed by atoms with Crippen molar-refractivity contribution in [2.24, 2.45) is 0 Å². The number of hydrogen-bond acceptors (Lipinski definition) is 5. The Labute approximate surface area is 154 Å². The van der Waals surface area contributed by atoms with Crippen molar-refractivity contribution < 1.29 is 23.7 Å². The predicted octanol–water partition coefficient (Wildman–Crippen LogP) is 4.37. The number of methoxy groups -OCH3 is 3. The van der Waals surface area contributed by atoms with Gasteiger partial charge in [-0.2, -0.15) is 0 Å². The summed E-state index contributed by atoms with van der Waals surface area (Å²) in [5.74, 6) is 0.653. The summed E-state index contributed by atoms with van der Waals surface area (Å²) in [7, 11) is 4.49. The molecule has 0 saturated carbocycles. The second-order valence-corrected chi connectivity index (χ2v) is 6.90. The van der Waals surface area contributed by atoms with E-state index in [2.05, 4.69) is 32.9 Å². The molecule has 0 radical (unpaired) electrons. The lowest BCUT2D eigenvalue weighted by Gasteiger charge is -2.19. The molecule has 26 heavy (non-hydrogen) atoms. The summed E-state index contributed by atoms with van der Waals surface area (Å²) in [4.78, 5) is 12.5. The van der Waals surface area contributed by atoms with E-state index in [1.165, 1.54) is 26.9 Å². The molecule has 0 atom stereocenters. The van der Waals surface area contributed by atoms with Gasteiger partial charge in [0.15, 0.2) is 11.5 Å². The highest BCUT2D eigenvalue weighted by atomic mass is 16.5. The standard InChI is InChI=1S/C21H26O5/c1-21(2,3)15-9-7-14(8-10-15)13-26-20(22)16-11-12-17(23-4)19(25-6)18(16)24-5/h7-12H,13H2,1-6H3. The summed E-state index contributed by atoms with van der Waals surface area (Å²) in [6.07, 6.45) is 0. The molecule has 0 fully saturated rings. The topological polar surface area (TPSA) is 54.0 Å². The van der Waals surface area contributed by atoms with Crippen LogP contribution in [0, 0.1) is 0 Å². The average Bonchev–Trinajstić information content (AvgIpc) is 2.64. The van der Waals surface area contributed by atoms with Crippen molar-refractivity contribution in [2.45, 2.75) is 32.8 Å². The molecule has 5 heteroatoms. The molecule has 2 aromatic carbocycles. The Morgan fingerprint density at radius 3 is 1.96 bits per heavy atom. The van der Waals surface area contributed by atoms with Crippen LogP contribution >= 0.6 is 0 Å². The van der Waals surface area contributed by atoms with Gasteiger partial charge in [0, 0.05) is 0 Å². The Morgan fingerprint density at radius 1 is 0.846 bits per heavy atom. The Morgan fingerprint density at radius 2 is 1.46 bits per heavy atom. The lowest BCUT2D eigenvalue weighted by molar-refractivity contribution is 0.0468. The zero-order valence-corrected chi connectivity index (χ0v) is 16.2. The van der Waals surface area contributed by atoms with Crippen LogP contribution in [0.5, 0.6) is 17.2 Å². The molecule has 0 aromatic heterocycles. The molecule has 0 aliphatic heterocycles. The highest BCUT2D eigenvalue weighted by molar-refractivity contribution is 5.94. The fraction of sp³-hybridized carbons (Fsp3) is 0.381. The predicted molar refractivity (Wildman–Crippen MR) is 100 cm³/mol. The van der Waals surface area contributed by atoms with Crippen LogP contribution in [0.2, 0.25) is 0 Å². The van der Waals surface area contributed by atoms with Crippen LogP contribution in [0.15, 0.2) is 36.4 Å². The zero-order valence-electron chi connectivity index (χ0n) is 16.2. The maximum Gasteiger partial charge on any atom is 0.342 e. The van der Waals surface area contributed by atoms with Gasteiger partial charge in [-0.25, -0.2) is 4.79 Å². The summed E-state index contributed by atoms with van der Waals surface area (Å²) < 4.78 is 21.3. The zero-order chi connectivity index (χ0) is 19.3. The van der Waals surface area contributed by atoms with Crippen molar-refractivity contribution in [1.29, 1.82) is 0 Å². The van der Waals surface area contributed by atoms with Crippen LogP contribution in [0.4, 0.5) is 0 Å². The van der Waals surface area contributed by atoms with E-state index in [9.17, 15) is 4.79 Å². The van der Waals surface area contributed by atoms with E-state index in [0.29, 0.717) is 17.2 Å². The van der Waals surface area contributed by atoms with Gasteiger partial charge in [0.05, 0.1) is 21.3 Å². The fourth-order valence-electron chi connectivity index (χ4n) is 2.59. The van der Waals surface area contributed by atoms with E-state index in [1.807, 2.05) is 12.1 Å². The third kappa shape index (κ3) is 4.28. The van der Waals surface area contributed by atoms with Gasteiger partial charge >= 0.3 is 5.97 Å². The molecule has 0 unspecified atom stereocenters. The van der Waals surface area contributed by atoms with Crippen LogP contribution in [0.25, 0.3) is 0 Å². The number of carbonyl (C=O) groups excluding carboxylic acids is 1. The van der Waals surface area contributed by atoms with E-state index in [0.717, 1.165) is 5.56 Å². The third-order valence-corrected chi connectivity index (χ3v) is 4.11. The molecule has 0 spiro atoms. The lowest BCUT2D eigenvalue weighted by Crippen LogP contribution is -2.11. The van der Waals surface area contributed by atoms with Gasteiger partial charge in [0.1, 0.15) is 12.2 Å². The van der Waals surface area contributed by atoms with Crippen molar-refractivity contribution in [1.82, 2.24) is 0 Å². The maximum atomic E-state index is 12.5. The van der Waals surface area contributed by atoms with E-state index in [4.69, 9.17) is 18.9 Å². The molecular formula is C21H26O5. The minimum Gasteiger partial charge on any atom is -0.493 e. The van der Waals surface area contributed by atoms with Crippen molar-refractivity contribution in [3.63, 3.8) is 0 Å². The van der Waals surface area contributed by atoms with E-state index < -0.39 is 5.97 Å². The van der Waals surface area contributed by atoms with E-state index in [1.54, 1.807) is 12.1 Å². The van der Waals surface area contributed by atoms with E-state index >= 15 is 0 Å². The fourth-order valence-corrected chi connectivity index (χ4v) is 2.59. The second-order valence-electron chi connectivity index (χ2n) is 6.90. The largest absolute Gasteiger partial charge is 0.493 e. The molecule has 2 rings (SSSR count). The Kier molecular flexibility index (Phi) is 6.14. The molecule has 0 heterocycles. The van der Waals surface area contributed by atoms with Crippen molar-refractivity contribution in [2.75, 3.05) is 21.3 Å². The quantitative estimate of drug-likeness (QED) is 0.718. The first-order valence-electron chi connectivity index (χ1n) is 8.37. The van der Waals surface area contributed by atoms with Gasteiger partial charge in [0.25, 0.3) is 0 Å². The highest BCUT2D eigenvalue weighted by Gasteiger charge is 2.22. The van der Waals surface area contributed by atoms with Crippen LogP contribution in [0.1, 0.15) is 42.3 Å². The molecule has 2 aromatic rings. The molecule has 5 nitrogen and oxygen atoms in total. The molecule has 0 N–H and O–H groups in total. The van der Waals surface area contributed by atoms with Gasteiger partial charge in [-0.3, -0.25) is 0 Å². The Balaban J connectivity index is 2.15. The first-order chi connectivity index (χ1) is 12.3. The maximum absolute atomic E-state index is 12.5. The number of hydrogen-bond donors (Lipinski definition) is 0. The normalized spacial score (nSPS) is 11.0. The number of carbonyl (C=O) groups is 1. The van der Waals surface area contributed by atoms with Crippen LogP contribution < -0.4 is 14.2 Å². The molecular weight excluding hydrogens is 332 g/mol. The van der Waals surface area contributed by atoms with Gasteiger partial charge in [-0.1, -0.05) is 45.0 Å². The Hall–Kier alpha value is -2.69. The summed E-state index contributed by atoms with van der Waals surface area (Å²) in [5.41, 5.74) is 2.53. The second kappa shape index (κ2) is 8.13. The van der Waals surface area contributed by atoms with Crippen molar-refractivity contribution in [3.05, 3.63) is 53.1 Å². The SMILES string of the molecule is COc1ccc(C(=O)OCc2ccc(C(C)(C)C)cc2)c(OC)c1OC. The van der Waals surface area contributed by atoms with Gasteiger partial charge in [-0.05, 0) is 28.7 Å². The number of rotatable bonds is 6. The monoisotopic (exact) mass is 358 g/mol. The first-order valence-corrected chi connectivity index (χ1v) is 8.37. The third-order valence-electron chi connectivity index (χ3n) is 4.11.